The third-order valence-corrected chi connectivity index (χ3v) is 2.28. The zero-order valence-corrected chi connectivity index (χ0v) is 9.92. The summed E-state index contributed by atoms with van der Waals surface area (Å²) in [6.45, 7) is 1.77. The third kappa shape index (κ3) is 4.38. The molecule has 98 valence electrons. The highest BCUT2D eigenvalue weighted by Crippen LogP contribution is 2.15. The number of nitro benzene ring substituents is 1. The minimum atomic E-state index is -0.507. The molecule has 0 radical (unpaired) electrons. The van der Waals surface area contributed by atoms with Crippen molar-refractivity contribution in [2.24, 2.45) is 0 Å². The Morgan fingerprint density at radius 1 is 1.44 bits per heavy atom. The van der Waals surface area contributed by atoms with E-state index in [2.05, 4.69) is 10.6 Å². The van der Waals surface area contributed by atoms with E-state index in [0.29, 0.717) is 12.1 Å². The number of urea groups is 1. The highest BCUT2D eigenvalue weighted by Gasteiger charge is 2.08. The number of hydrogen-bond donors (Lipinski definition) is 3. The third-order valence-electron chi connectivity index (χ3n) is 2.28. The van der Waals surface area contributed by atoms with Crippen LogP contribution in [0, 0.1) is 10.1 Å². The van der Waals surface area contributed by atoms with Gasteiger partial charge in [-0.1, -0.05) is 0 Å². The quantitative estimate of drug-likeness (QED) is 0.546. The van der Waals surface area contributed by atoms with E-state index in [1.165, 1.54) is 24.3 Å². The maximum Gasteiger partial charge on any atom is 0.319 e. The van der Waals surface area contributed by atoms with Crippen LogP contribution in [0.1, 0.15) is 13.3 Å². The first-order chi connectivity index (χ1) is 8.52. The first-order valence-corrected chi connectivity index (χ1v) is 5.45. The summed E-state index contributed by atoms with van der Waals surface area (Å²) in [4.78, 5) is 21.4. The lowest BCUT2D eigenvalue weighted by molar-refractivity contribution is -0.384. The van der Waals surface area contributed by atoms with Crippen LogP contribution >= 0.6 is 0 Å². The van der Waals surface area contributed by atoms with Gasteiger partial charge in [0, 0.05) is 30.5 Å². The summed E-state index contributed by atoms with van der Waals surface area (Å²) in [5, 5.41) is 24.3. The number of nitro groups is 1. The molecule has 0 saturated heterocycles. The molecule has 7 heteroatoms. The standard InChI is InChI=1S/C11H15N3O4/c1-8(6-7-15)12-11(16)13-9-2-4-10(5-3-9)14(17)18/h2-5,8,15H,6-7H2,1H3,(H2,12,13,16)/t8-/m1/s1. The summed E-state index contributed by atoms with van der Waals surface area (Å²) in [5.74, 6) is 0. The van der Waals surface area contributed by atoms with Crippen molar-refractivity contribution in [3.63, 3.8) is 0 Å². The molecule has 1 rings (SSSR count). The predicted octanol–water partition coefficient (Wildman–Crippen LogP) is 1.49. The molecule has 0 fully saturated rings. The van der Waals surface area contributed by atoms with Crippen LogP contribution in [0.5, 0.6) is 0 Å². The number of nitrogens with zero attached hydrogens (tertiary/aromatic N) is 1. The van der Waals surface area contributed by atoms with Crippen molar-refractivity contribution >= 4 is 17.4 Å². The van der Waals surface area contributed by atoms with Gasteiger partial charge in [0.15, 0.2) is 0 Å². The van der Waals surface area contributed by atoms with Crippen molar-refractivity contribution in [1.82, 2.24) is 5.32 Å². The van der Waals surface area contributed by atoms with Gasteiger partial charge in [-0.25, -0.2) is 4.79 Å². The molecule has 18 heavy (non-hydrogen) atoms. The summed E-state index contributed by atoms with van der Waals surface area (Å²) >= 11 is 0. The number of aliphatic hydroxyl groups is 1. The Kier molecular flexibility index (Phi) is 5.06. The lowest BCUT2D eigenvalue weighted by Gasteiger charge is -2.13. The van der Waals surface area contributed by atoms with Crippen LogP contribution in [0.4, 0.5) is 16.2 Å². The lowest BCUT2D eigenvalue weighted by Crippen LogP contribution is -2.36. The molecule has 0 unspecified atom stereocenters. The Hall–Kier alpha value is -2.15. The van der Waals surface area contributed by atoms with E-state index in [0.717, 1.165) is 0 Å². The van der Waals surface area contributed by atoms with Crippen LogP contribution in [0.25, 0.3) is 0 Å². The molecule has 7 nitrogen and oxygen atoms in total. The Morgan fingerprint density at radius 3 is 2.56 bits per heavy atom. The Balaban J connectivity index is 2.51. The average molecular weight is 253 g/mol. The van der Waals surface area contributed by atoms with Crippen LogP contribution in [-0.2, 0) is 0 Å². The second-order valence-electron chi connectivity index (χ2n) is 3.82. The number of non-ortho nitro benzene ring substituents is 1. The highest BCUT2D eigenvalue weighted by molar-refractivity contribution is 5.89. The molecule has 0 aliphatic heterocycles. The largest absolute Gasteiger partial charge is 0.396 e. The number of aliphatic hydroxyl groups excluding tert-OH is 1. The van der Waals surface area contributed by atoms with Crippen LogP contribution in [0.2, 0.25) is 0 Å². The highest BCUT2D eigenvalue weighted by atomic mass is 16.6. The second kappa shape index (κ2) is 6.55. The van der Waals surface area contributed by atoms with Crippen molar-refractivity contribution in [1.29, 1.82) is 0 Å². The maximum atomic E-state index is 11.5. The predicted molar refractivity (Wildman–Crippen MR) is 66.4 cm³/mol. The molecule has 0 aliphatic rings. The summed E-state index contributed by atoms with van der Waals surface area (Å²) in [6, 6.07) is 4.97. The number of carbonyl (C=O) groups excluding carboxylic acids is 1. The van der Waals surface area contributed by atoms with Crippen LogP contribution in [0.3, 0.4) is 0 Å². The van der Waals surface area contributed by atoms with E-state index in [-0.39, 0.29) is 18.3 Å². The molecule has 0 saturated carbocycles. The van der Waals surface area contributed by atoms with E-state index in [9.17, 15) is 14.9 Å². The first-order valence-electron chi connectivity index (χ1n) is 5.45. The number of amides is 2. The fourth-order valence-electron chi connectivity index (χ4n) is 1.32. The fourth-order valence-corrected chi connectivity index (χ4v) is 1.32. The van der Waals surface area contributed by atoms with Gasteiger partial charge in [0.05, 0.1) is 4.92 Å². The van der Waals surface area contributed by atoms with Crippen molar-refractivity contribution < 1.29 is 14.8 Å². The molecule has 2 amide bonds. The van der Waals surface area contributed by atoms with Crippen molar-refractivity contribution in [2.45, 2.75) is 19.4 Å². The molecular formula is C11H15N3O4. The van der Waals surface area contributed by atoms with Crippen LogP contribution in [0.15, 0.2) is 24.3 Å². The molecule has 3 N–H and O–H groups in total. The zero-order valence-electron chi connectivity index (χ0n) is 9.92. The minimum absolute atomic E-state index is 0.00101. The molecule has 1 aromatic rings. The van der Waals surface area contributed by atoms with Gasteiger partial charge in [-0.3, -0.25) is 10.1 Å². The maximum absolute atomic E-state index is 11.5. The molecule has 0 aromatic heterocycles. The SMILES string of the molecule is C[C@H](CCO)NC(=O)Nc1ccc([N+](=O)[O-])cc1. The molecule has 0 aliphatic carbocycles. The molecular weight excluding hydrogens is 238 g/mol. The Labute approximate surface area is 104 Å². The summed E-state index contributed by atoms with van der Waals surface area (Å²) in [5.41, 5.74) is 0.434. The summed E-state index contributed by atoms with van der Waals surface area (Å²) < 4.78 is 0. The number of hydrogen-bond acceptors (Lipinski definition) is 4. The van der Waals surface area contributed by atoms with Gasteiger partial charge in [-0.05, 0) is 25.5 Å². The van der Waals surface area contributed by atoms with E-state index >= 15 is 0 Å². The molecule has 0 spiro atoms. The minimum Gasteiger partial charge on any atom is -0.396 e. The van der Waals surface area contributed by atoms with Gasteiger partial charge >= 0.3 is 6.03 Å². The number of anilines is 1. The smallest absolute Gasteiger partial charge is 0.319 e. The second-order valence-corrected chi connectivity index (χ2v) is 3.82. The zero-order chi connectivity index (χ0) is 13.5. The summed E-state index contributed by atoms with van der Waals surface area (Å²) in [6.07, 6.45) is 0.466. The van der Waals surface area contributed by atoms with E-state index in [4.69, 9.17) is 5.11 Å². The number of carbonyl (C=O) groups is 1. The van der Waals surface area contributed by atoms with Gasteiger partial charge in [0.2, 0.25) is 0 Å². The monoisotopic (exact) mass is 253 g/mol. The van der Waals surface area contributed by atoms with Gasteiger partial charge in [-0.2, -0.15) is 0 Å². The van der Waals surface area contributed by atoms with Crippen LogP contribution in [-0.4, -0.2) is 28.7 Å². The summed E-state index contributed by atoms with van der Waals surface area (Å²) in [7, 11) is 0. The molecule has 1 aromatic carbocycles. The van der Waals surface area contributed by atoms with Gasteiger partial charge in [0.1, 0.15) is 0 Å². The van der Waals surface area contributed by atoms with Crippen LogP contribution < -0.4 is 10.6 Å². The van der Waals surface area contributed by atoms with E-state index in [1.807, 2.05) is 0 Å². The molecule has 0 bridgehead atoms. The van der Waals surface area contributed by atoms with Crippen molar-refractivity contribution in [2.75, 3.05) is 11.9 Å². The van der Waals surface area contributed by atoms with E-state index in [1.54, 1.807) is 6.92 Å². The van der Waals surface area contributed by atoms with Gasteiger partial charge in [0.25, 0.3) is 5.69 Å². The Bertz CT molecular complexity index is 419. The average Bonchev–Trinajstić information content (AvgIpc) is 2.29. The van der Waals surface area contributed by atoms with Crippen molar-refractivity contribution in [3.8, 4) is 0 Å². The van der Waals surface area contributed by atoms with Crippen molar-refractivity contribution in [3.05, 3.63) is 34.4 Å². The molecule has 0 heterocycles. The van der Waals surface area contributed by atoms with E-state index < -0.39 is 11.0 Å². The first kappa shape index (κ1) is 13.9. The topological polar surface area (TPSA) is 104 Å². The van der Waals surface area contributed by atoms with Gasteiger partial charge < -0.3 is 15.7 Å². The number of nitrogens with one attached hydrogen (secondary N) is 2. The molecule has 1 atom stereocenters. The number of benzene rings is 1. The fraction of sp³-hybridized carbons (Fsp3) is 0.364. The lowest BCUT2D eigenvalue weighted by atomic mass is 10.2. The Morgan fingerprint density at radius 2 is 2.06 bits per heavy atom. The number of rotatable bonds is 5. The van der Waals surface area contributed by atoms with Gasteiger partial charge in [-0.15, -0.1) is 0 Å². The normalized spacial score (nSPS) is 11.7.